The standard InChI is InChI=1S/C8H15NO5/c1-5(12)9-6(3-10)2-7(13)8(14)4-11/h3,6-8,11,13-14H,2,4H2,1H3,(H,9,12)/t6-,7-,8-/m1/s1. The average molecular weight is 205 g/mol. The maximum absolute atomic E-state index is 10.6. The van der Waals surface area contributed by atoms with Crippen LogP contribution >= 0.6 is 0 Å². The minimum absolute atomic E-state index is 0.120. The van der Waals surface area contributed by atoms with Gasteiger partial charge in [-0.1, -0.05) is 0 Å². The summed E-state index contributed by atoms with van der Waals surface area (Å²) in [6.07, 6.45) is -2.19. The molecule has 0 spiro atoms. The van der Waals surface area contributed by atoms with Gasteiger partial charge < -0.3 is 25.4 Å². The molecule has 0 heterocycles. The van der Waals surface area contributed by atoms with Crippen LogP contribution in [0.5, 0.6) is 0 Å². The highest BCUT2D eigenvalue weighted by Crippen LogP contribution is 2.01. The van der Waals surface area contributed by atoms with Gasteiger partial charge in [0.25, 0.3) is 0 Å². The molecule has 0 aliphatic heterocycles. The van der Waals surface area contributed by atoms with Crippen LogP contribution in [0.2, 0.25) is 0 Å². The third kappa shape index (κ3) is 4.90. The van der Waals surface area contributed by atoms with Crippen LogP contribution in [0.15, 0.2) is 0 Å². The molecule has 0 aromatic rings. The molecule has 3 atom stereocenters. The van der Waals surface area contributed by atoms with E-state index in [0.29, 0.717) is 6.29 Å². The summed E-state index contributed by atoms with van der Waals surface area (Å²) < 4.78 is 0. The van der Waals surface area contributed by atoms with E-state index in [1.165, 1.54) is 6.92 Å². The van der Waals surface area contributed by atoms with E-state index in [9.17, 15) is 14.7 Å². The zero-order valence-electron chi connectivity index (χ0n) is 7.88. The lowest BCUT2D eigenvalue weighted by atomic mass is 10.1. The zero-order valence-corrected chi connectivity index (χ0v) is 7.88. The fourth-order valence-electron chi connectivity index (χ4n) is 0.949. The van der Waals surface area contributed by atoms with Crippen LogP contribution in [0.25, 0.3) is 0 Å². The van der Waals surface area contributed by atoms with E-state index in [1.54, 1.807) is 0 Å². The molecule has 0 aromatic heterocycles. The van der Waals surface area contributed by atoms with Gasteiger partial charge in [0.1, 0.15) is 12.4 Å². The molecule has 0 aromatic carbocycles. The highest BCUT2D eigenvalue weighted by atomic mass is 16.4. The second kappa shape index (κ2) is 6.47. The molecule has 0 saturated carbocycles. The minimum Gasteiger partial charge on any atom is -0.394 e. The van der Waals surface area contributed by atoms with E-state index in [1.807, 2.05) is 0 Å². The Labute approximate surface area is 81.5 Å². The van der Waals surface area contributed by atoms with Crippen LogP contribution in [0.3, 0.4) is 0 Å². The molecule has 0 fully saturated rings. The minimum atomic E-state index is -1.30. The van der Waals surface area contributed by atoms with E-state index in [-0.39, 0.29) is 6.42 Å². The molecule has 0 rings (SSSR count). The smallest absolute Gasteiger partial charge is 0.217 e. The third-order valence-electron chi connectivity index (χ3n) is 1.68. The monoisotopic (exact) mass is 205 g/mol. The third-order valence-corrected chi connectivity index (χ3v) is 1.68. The summed E-state index contributed by atoms with van der Waals surface area (Å²) in [6.45, 7) is 0.651. The van der Waals surface area contributed by atoms with Gasteiger partial charge in [-0.15, -0.1) is 0 Å². The van der Waals surface area contributed by atoms with Crippen LogP contribution in [0.4, 0.5) is 0 Å². The summed E-state index contributed by atoms with van der Waals surface area (Å²) >= 11 is 0. The number of carbonyl (C=O) groups is 2. The number of aliphatic hydroxyl groups excluding tert-OH is 3. The Hall–Kier alpha value is -0.980. The van der Waals surface area contributed by atoms with Crippen molar-refractivity contribution in [1.82, 2.24) is 5.32 Å². The van der Waals surface area contributed by atoms with Gasteiger partial charge in [0, 0.05) is 13.3 Å². The molecule has 0 radical (unpaired) electrons. The fraction of sp³-hybridized carbons (Fsp3) is 0.750. The van der Waals surface area contributed by atoms with Crippen molar-refractivity contribution in [3.63, 3.8) is 0 Å². The number of aldehydes is 1. The topological polar surface area (TPSA) is 107 Å². The Kier molecular flexibility index (Phi) is 6.02. The first-order valence-corrected chi connectivity index (χ1v) is 4.20. The molecule has 0 unspecified atom stereocenters. The number of rotatable bonds is 6. The molecule has 1 amide bonds. The molecule has 0 aliphatic rings. The highest BCUT2D eigenvalue weighted by molar-refractivity contribution is 5.77. The molecular weight excluding hydrogens is 190 g/mol. The van der Waals surface area contributed by atoms with Crippen molar-refractivity contribution in [2.24, 2.45) is 0 Å². The Morgan fingerprint density at radius 1 is 1.43 bits per heavy atom. The highest BCUT2D eigenvalue weighted by Gasteiger charge is 2.20. The average Bonchev–Trinajstić information content (AvgIpc) is 2.14. The van der Waals surface area contributed by atoms with Crippen molar-refractivity contribution in [3.05, 3.63) is 0 Å². The first kappa shape index (κ1) is 13.0. The van der Waals surface area contributed by atoms with E-state index >= 15 is 0 Å². The number of aliphatic hydroxyl groups is 3. The summed E-state index contributed by atoms with van der Waals surface area (Å²) in [6, 6.07) is -0.844. The summed E-state index contributed by atoms with van der Waals surface area (Å²) in [5.41, 5.74) is 0. The van der Waals surface area contributed by atoms with Gasteiger partial charge in [-0.2, -0.15) is 0 Å². The Balaban J connectivity index is 4.03. The number of hydrogen-bond donors (Lipinski definition) is 4. The predicted molar refractivity (Wildman–Crippen MR) is 47.4 cm³/mol. The van der Waals surface area contributed by atoms with E-state index in [0.717, 1.165) is 0 Å². The van der Waals surface area contributed by atoms with Crippen LogP contribution in [-0.4, -0.2) is 52.4 Å². The van der Waals surface area contributed by atoms with Gasteiger partial charge in [0.05, 0.1) is 18.8 Å². The van der Waals surface area contributed by atoms with Crippen LogP contribution in [0, 0.1) is 0 Å². The van der Waals surface area contributed by atoms with Gasteiger partial charge in [0.2, 0.25) is 5.91 Å². The van der Waals surface area contributed by atoms with Crippen molar-refractivity contribution < 1.29 is 24.9 Å². The van der Waals surface area contributed by atoms with Gasteiger partial charge in [0.15, 0.2) is 0 Å². The van der Waals surface area contributed by atoms with Crippen LogP contribution in [0.1, 0.15) is 13.3 Å². The van der Waals surface area contributed by atoms with Crippen LogP contribution < -0.4 is 5.32 Å². The number of carbonyl (C=O) groups excluding carboxylic acids is 2. The zero-order chi connectivity index (χ0) is 11.1. The molecule has 0 aliphatic carbocycles. The molecule has 82 valence electrons. The molecular formula is C8H15NO5. The second-order valence-corrected chi connectivity index (χ2v) is 3.00. The van der Waals surface area contributed by atoms with Crippen molar-refractivity contribution in [2.45, 2.75) is 31.6 Å². The normalized spacial score (nSPS) is 16.9. The Morgan fingerprint density at radius 3 is 2.36 bits per heavy atom. The maximum atomic E-state index is 10.6. The summed E-state index contributed by atoms with van der Waals surface area (Å²) in [5.74, 6) is -0.396. The van der Waals surface area contributed by atoms with E-state index in [2.05, 4.69) is 5.32 Å². The maximum Gasteiger partial charge on any atom is 0.217 e. The van der Waals surface area contributed by atoms with Gasteiger partial charge in [-0.05, 0) is 0 Å². The SMILES string of the molecule is CC(=O)N[C@@H](C=O)C[C@@H](O)[C@H](O)CO. The predicted octanol–water partition coefficient (Wildman–Crippen LogP) is -2.21. The fourth-order valence-corrected chi connectivity index (χ4v) is 0.949. The Morgan fingerprint density at radius 2 is 2.00 bits per heavy atom. The van der Waals surface area contributed by atoms with Crippen molar-refractivity contribution in [3.8, 4) is 0 Å². The van der Waals surface area contributed by atoms with Crippen LogP contribution in [-0.2, 0) is 9.59 Å². The molecule has 0 saturated heterocycles. The lowest BCUT2D eigenvalue weighted by molar-refractivity contribution is -0.123. The summed E-state index contributed by atoms with van der Waals surface area (Å²) in [5, 5.41) is 29.0. The number of hydrogen-bond acceptors (Lipinski definition) is 5. The first-order chi connectivity index (χ1) is 6.51. The number of amides is 1. The summed E-state index contributed by atoms with van der Waals surface area (Å²) in [7, 11) is 0. The molecule has 14 heavy (non-hydrogen) atoms. The first-order valence-electron chi connectivity index (χ1n) is 4.20. The lowest BCUT2D eigenvalue weighted by Gasteiger charge is -2.19. The van der Waals surface area contributed by atoms with E-state index < -0.39 is 30.8 Å². The summed E-state index contributed by atoms with van der Waals surface area (Å²) in [4.78, 5) is 21.0. The van der Waals surface area contributed by atoms with Gasteiger partial charge in [-0.25, -0.2) is 0 Å². The lowest BCUT2D eigenvalue weighted by Crippen LogP contribution is -2.41. The molecule has 6 nitrogen and oxygen atoms in total. The van der Waals surface area contributed by atoms with Crippen molar-refractivity contribution in [2.75, 3.05) is 6.61 Å². The largest absolute Gasteiger partial charge is 0.394 e. The number of nitrogens with one attached hydrogen (secondary N) is 1. The molecule has 6 heteroatoms. The quantitative estimate of drug-likeness (QED) is 0.368. The van der Waals surface area contributed by atoms with Crippen molar-refractivity contribution in [1.29, 1.82) is 0 Å². The van der Waals surface area contributed by atoms with Gasteiger partial charge >= 0.3 is 0 Å². The van der Waals surface area contributed by atoms with Crippen molar-refractivity contribution >= 4 is 12.2 Å². The van der Waals surface area contributed by atoms with E-state index in [4.69, 9.17) is 10.2 Å². The van der Waals surface area contributed by atoms with Gasteiger partial charge in [-0.3, -0.25) is 4.79 Å². The Bertz CT molecular complexity index is 196. The molecule has 0 bridgehead atoms. The second-order valence-electron chi connectivity index (χ2n) is 3.00. The molecule has 4 N–H and O–H groups in total.